The number of hydrogen-bond acceptors (Lipinski definition) is 2. The van der Waals surface area contributed by atoms with Crippen LogP contribution in [0.5, 0.6) is 0 Å². The van der Waals surface area contributed by atoms with Gasteiger partial charge in [-0.3, -0.25) is 4.79 Å². The van der Waals surface area contributed by atoms with Crippen LogP contribution in [-0.4, -0.2) is 28.9 Å². The molecule has 0 spiro atoms. The van der Waals surface area contributed by atoms with Gasteiger partial charge in [-0.25, -0.2) is 0 Å². The number of nitrogens with zero attached hydrogens (tertiary/aromatic N) is 1. The highest BCUT2D eigenvalue weighted by Gasteiger charge is 2.24. The van der Waals surface area contributed by atoms with E-state index in [9.17, 15) is 4.79 Å². The zero-order valence-corrected chi connectivity index (χ0v) is 12.6. The van der Waals surface area contributed by atoms with Gasteiger partial charge in [0.1, 0.15) is 0 Å². The van der Waals surface area contributed by atoms with Crippen molar-refractivity contribution in [1.82, 2.24) is 9.88 Å². The average Bonchev–Trinajstić information content (AvgIpc) is 2.72. The molecule has 1 saturated carbocycles. The average molecular weight is 285 g/mol. The molecule has 4 nitrogen and oxygen atoms in total. The summed E-state index contributed by atoms with van der Waals surface area (Å²) in [6.45, 7) is 0. The molecule has 1 aromatic carbocycles. The van der Waals surface area contributed by atoms with Gasteiger partial charge in [0, 0.05) is 35.9 Å². The lowest BCUT2D eigenvalue weighted by atomic mass is 10.1. The molecule has 1 aliphatic carbocycles. The molecular weight excluding hydrogens is 262 g/mol. The van der Waals surface area contributed by atoms with Crippen molar-refractivity contribution >= 4 is 22.5 Å². The maximum atomic E-state index is 12.8. The first-order valence-electron chi connectivity index (χ1n) is 7.80. The van der Waals surface area contributed by atoms with Gasteiger partial charge in [0.05, 0.1) is 5.56 Å². The summed E-state index contributed by atoms with van der Waals surface area (Å²) in [7, 11) is 1.93. The minimum Gasteiger partial charge on any atom is -0.399 e. The molecule has 0 unspecified atom stereocenters. The number of anilines is 1. The molecule has 3 N–H and O–H groups in total. The molecule has 0 radical (unpaired) electrons. The highest BCUT2D eigenvalue weighted by molar-refractivity contribution is 6.07. The fourth-order valence-corrected chi connectivity index (χ4v) is 3.32. The molecule has 112 valence electrons. The van der Waals surface area contributed by atoms with Crippen LogP contribution in [0.3, 0.4) is 0 Å². The van der Waals surface area contributed by atoms with Gasteiger partial charge in [0.25, 0.3) is 5.91 Å². The van der Waals surface area contributed by atoms with Crippen molar-refractivity contribution in [1.29, 1.82) is 0 Å². The molecule has 0 aliphatic heterocycles. The van der Waals surface area contributed by atoms with Gasteiger partial charge in [-0.2, -0.15) is 0 Å². The van der Waals surface area contributed by atoms with E-state index in [1.54, 1.807) is 6.20 Å². The predicted molar refractivity (Wildman–Crippen MR) is 86.3 cm³/mol. The number of aromatic amines is 1. The topological polar surface area (TPSA) is 62.1 Å². The van der Waals surface area contributed by atoms with E-state index in [2.05, 4.69) is 4.98 Å². The Morgan fingerprint density at radius 2 is 1.95 bits per heavy atom. The molecule has 0 atom stereocenters. The number of carbonyl (C=O) groups excluding carboxylic acids is 1. The van der Waals surface area contributed by atoms with E-state index < -0.39 is 0 Å². The lowest BCUT2D eigenvalue weighted by Crippen LogP contribution is -2.36. The van der Waals surface area contributed by atoms with Crippen molar-refractivity contribution in [3.63, 3.8) is 0 Å². The first-order chi connectivity index (χ1) is 10.2. The zero-order valence-electron chi connectivity index (χ0n) is 12.6. The van der Waals surface area contributed by atoms with Crippen molar-refractivity contribution in [3.8, 4) is 0 Å². The van der Waals surface area contributed by atoms with E-state index in [1.165, 1.54) is 25.7 Å². The quantitative estimate of drug-likeness (QED) is 0.655. The Kier molecular flexibility index (Phi) is 3.86. The van der Waals surface area contributed by atoms with Crippen LogP contribution in [0, 0.1) is 0 Å². The minimum atomic E-state index is 0.0961. The minimum absolute atomic E-state index is 0.0961. The lowest BCUT2D eigenvalue weighted by molar-refractivity contribution is 0.0720. The van der Waals surface area contributed by atoms with Gasteiger partial charge in [0.2, 0.25) is 0 Å². The Morgan fingerprint density at radius 1 is 1.24 bits per heavy atom. The van der Waals surface area contributed by atoms with Crippen molar-refractivity contribution in [2.75, 3.05) is 12.8 Å². The summed E-state index contributed by atoms with van der Waals surface area (Å²) in [5.41, 5.74) is 8.23. The lowest BCUT2D eigenvalue weighted by Gasteiger charge is -2.27. The number of nitrogen functional groups attached to an aromatic ring is 1. The Balaban J connectivity index is 1.87. The Hall–Kier alpha value is -1.97. The third kappa shape index (κ3) is 2.75. The number of nitrogens with two attached hydrogens (primary N) is 1. The maximum Gasteiger partial charge on any atom is 0.256 e. The second kappa shape index (κ2) is 5.80. The van der Waals surface area contributed by atoms with Crippen molar-refractivity contribution in [2.24, 2.45) is 0 Å². The number of rotatable bonds is 2. The second-order valence-corrected chi connectivity index (χ2v) is 6.07. The normalized spacial score (nSPS) is 16.8. The Morgan fingerprint density at radius 3 is 2.67 bits per heavy atom. The highest BCUT2D eigenvalue weighted by Crippen LogP contribution is 2.26. The molecule has 21 heavy (non-hydrogen) atoms. The SMILES string of the molecule is CN(C(=O)c1c[nH]c2ccc(N)cc12)C1CCCCCC1. The third-order valence-electron chi connectivity index (χ3n) is 4.63. The largest absolute Gasteiger partial charge is 0.399 e. The van der Waals surface area contributed by atoms with E-state index in [0.717, 1.165) is 29.3 Å². The summed E-state index contributed by atoms with van der Waals surface area (Å²) in [4.78, 5) is 17.9. The first-order valence-corrected chi connectivity index (χ1v) is 7.80. The number of carbonyl (C=O) groups is 1. The van der Waals surface area contributed by atoms with Crippen LogP contribution in [0.25, 0.3) is 10.9 Å². The second-order valence-electron chi connectivity index (χ2n) is 6.07. The Labute approximate surface area is 125 Å². The fourth-order valence-electron chi connectivity index (χ4n) is 3.32. The summed E-state index contributed by atoms with van der Waals surface area (Å²) in [6, 6.07) is 6.01. The van der Waals surface area contributed by atoms with Crippen LogP contribution in [0.15, 0.2) is 24.4 Å². The molecule has 0 saturated heterocycles. The van der Waals surface area contributed by atoms with Gasteiger partial charge >= 0.3 is 0 Å². The highest BCUT2D eigenvalue weighted by atomic mass is 16.2. The van der Waals surface area contributed by atoms with Crippen LogP contribution in [-0.2, 0) is 0 Å². The monoisotopic (exact) mass is 285 g/mol. The summed E-state index contributed by atoms with van der Waals surface area (Å²) < 4.78 is 0. The number of hydrogen-bond donors (Lipinski definition) is 2. The van der Waals surface area contributed by atoms with Crippen LogP contribution in [0.1, 0.15) is 48.9 Å². The first kappa shape index (κ1) is 14.0. The van der Waals surface area contributed by atoms with Gasteiger partial charge < -0.3 is 15.6 Å². The van der Waals surface area contributed by atoms with Crippen LogP contribution < -0.4 is 5.73 Å². The smallest absolute Gasteiger partial charge is 0.256 e. The number of amides is 1. The van der Waals surface area contributed by atoms with Gasteiger partial charge in [0.15, 0.2) is 0 Å². The summed E-state index contributed by atoms with van der Waals surface area (Å²) in [6.07, 6.45) is 9.08. The fraction of sp³-hybridized carbons (Fsp3) is 0.471. The number of aromatic nitrogens is 1. The standard InChI is InChI=1S/C17H23N3O/c1-20(13-6-4-2-3-5-7-13)17(21)15-11-19-16-9-8-12(18)10-14(15)16/h8-11,13,19H,2-7,18H2,1H3. The van der Waals surface area contributed by atoms with E-state index in [1.807, 2.05) is 30.1 Å². The zero-order chi connectivity index (χ0) is 14.8. The van der Waals surface area contributed by atoms with Crippen LogP contribution in [0.2, 0.25) is 0 Å². The number of benzene rings is 1. The van der Waals surface area contributed by atoms with E-state index in [0.29, 0.717) is 11.7 Å². The molecule has 0 bridgehead atoms. The summed E-state index contributed by atoms with van der Waals surface area (Å²) in [5.74, 6) is 0.0961. The van der Waals surface area contributed by atoms with Crippen molar-refractivity contribution < 1.29 is 4.79 Å². The predicted octanol–water partition coefficient (Wildman–Crippen LogP) is 3.54. The van der Waals surface area contributed by atoms with Crippen LogP contribution in [0.4, 0.5) is 5.69 Å². The third-order valence-corrected chi connectivity index (χ3v) is 4.63. The van der Waals surface area contributed by atoms with E-state index in [-0.39, 0.29) is 5.91 Å². The van der Waals surface area contributed by atoms with E-state index in [4.69, 9.17) is 5.73 Å². The molecule has 1 amide bonds. The molecule has 3 rings (SSSR count). The van der Waals surface area contributed by atoms with Crippen molar-refractivity contribution in [3.05, 3.63) is 30.0 Å². The number of nitrogens with one attached hydrogen (secondary N) is 1. The summed E-state index contributed by atoms with van der Waals surface area (Å²) in [5, 5.41) is 0.917. The summed E-state index contributed by atoms with van der Waals surface area (Å²) >= 11 is 0. The molecule has 1 heterocycles. The molecular formula is C17H23N3O. The van der Waals surface area contributed by atoms with Gasteiger partial charge in [-0.05, 0) is 31.0 Å². The maximum absolute atomic E-state index is 12.8. The number of fused-ring (bicyclic) bond motifs is 1. The van der Waals surface area contributed by atoms with Gasteiger partial charge in [-0.15, -0.1) is 0 Å². The molecule has 1 aliphatic rings. The Bertz CT molecular complexity index is 639. The molecule has 1 aromatic heterocycles. The van der Waals surface area contributed by atoms with Gasteiger partial charge in [-0.1, -0.05) is 25.7 Å². The number of H-pyrrole nitrogens is 1. The molecule has 2 aromatic rings. The molecule has 1 fully saturated rings. The van der Waals surface area contributed by atoms with Crippen molar-refractivity contribution in [2.45, 2.75) is 44.6 Å². The van der Waals surface area contributed by atoms with Crippen LogP contribution >= 0.6 is 0 Å². The molecule has 4 heteroatoms. The van der Waals surface area contributed by atoms with E-state index >= 15 is 0 Å².